The molecule has 3 rings (SSSR count). The molecule has 0 spiro atoms. The monoisotopic (exact) mass is 449 g/mol. The Hall–Kier alpha value is -2.19. The molecule has 0 N–H and O–H groups in total. The lowest BCUT2D eigenvalue weighted by Crippen LogP contribution is -2.45. The van der Waals surface area contributed by atoms with Gasteiger partial charge in [-0.3, -0.25) is 4.79 Å². The first-order chi connectivity index (χ1) is 14.2. The first-order valence-corrected chi connectivity index (χ1v) is 12.7. The number of thiophene rings is 1. The molecule has 1 aliphatic rings. The third kappa shape index (κ3) is 5.49. The number of benzene rings is 1. The van der Waals surface area contributed by atoms with Gasteiger partial charge in [0.1, 0.15) is 4.88 Å². The average Bonchev–Trinajstić information content (AvgIpc) is 3.31. The van der Waals surface area contributed by atoms with E-state index >= 15 is 0 Å². The number of ether oxygens (including phenoxy) is 1. The molecular weight excluding hydrogens is 422 g/mol. The standard InChI is InChI=1S/C22H27NO5S2/c1-15(2)12-23(18-9-11-30(26,27)14-18)20(24)13-28-22(25)21-19(8-10-29-21)17-6-4-16(3)5-7-17/h4-8,10,15,18H,9,11-14H2,1-3H3/t18-/m1/s1. The zero-order valence-corrected chi connectivity index (χ0v) is 19.1. The van der Waals surface area contributed by atoms with Gasteiger partial charge < -0.3 is 9.64 Å². The lowest BCUT2D eigenvalue weighted by molar-refractivity contribution is -0.137. The number of amides is 1. The summed E-state index contributed by atoms with van der Waals surface area (Å²) in [6.45, 7) is 5.97. The zero-order chi connectivity index (χ0) is 21.9. The van der Waals surface area contributed by atoms with Crippen LogP contribution in [-0.2, 0) is 19.4 Å². The highest BCUT2D eigenvalue weighted by molar-refractivity contribution is 7.91. The Balaban J connectivity index is 1.68. The third-order valence-corrected chi connectivity index (χ3v) is 7.72. The Kier molecular flexibility index (Phi) is 6.98. The molecule has 0 aliphatic carbocycles. The molecule has 2 aromatic rings. The number of nitrogens with zero attached hydrogens (tertiary/aromatic N) is 1. The number of esters is 1. The van der Waals surface area contributed by atoms with Crippen molar-refractivity contribution in [3.8, 4) is 11.1 Å². The molecule has 1 saturated heterocycles. The van der Waals surface area contributed by atoms with Crippen LogP contribution in [0.25, 0.3) is 11.1 Å². The fourth-order valence-corrected chi connectivity index (χ4v) is 6.11. The van der Waals surface area contributed by atoms with E-state index in [9.17, 15) is 18.0 Å². The van der Waals surface area contributed by atoms with Crippen LogP contribution in [0.3, 0.4) is 0 Å². The van der Waals surface area contributed by atoms with Crippen LogP contribution in [0.2, 0.25) is 0 Å². The van der Waals surface area contributed by atoms with Crippen molar-refractivity contribution >= 4 is 33.1 Å². The SMILES string of the molecule is Cc1ccc(-c2ccsc2C(=O)OCC(=O)N(CC(C)C)[C@@H]2CCS(=O)(=O)C2)cc1. The van der Waals surface area contributed by atoms with Gasteiger partial charge in [-0.05, 0) is 36.3 Å². The van der Waals surface area contributed by atoms with E-state index in [0.717, 1.165) is 16.7 Å². The number of carbonyl (C=O) groups is 2. The van der Waals surface area contributed by atoms with E-state index in [1.807, 2.05) is 56.5 Å². The topological polar surface area (TPSA) is 80.8 Å². The van der Waals surface area contributed by atoms with E-state index in [0.29, 0.717) is 17.8 Å². The van der Waals surface area contributed by atoms with Crippen LogP contribution in [0.4, 0.5) is 0 Å². The molecule has 30 heavy (non-hydrogen) atoms. The van der Waals surface area contributed by atoms with Gasteiger partial charge in [0.05, 0.1) is 11.5 Å². The third-order valence-electron chi connectivity index (χ3n) is 5.07. The first kappa shape index (κ1) is 22.5. The van der Waals surface area contributed by atoms with Gasteiger partial charge >= 0.3 is 5.97 Å². The van der Waals surface area contributed by atoms with Crippen molar-refractivity contribution in [3.63, 3.8) is 0 Å². The number of sulfone groups is 1. The molecule has 0 saturated carbocycles. The van der Waals surface area contributed by atoms with Crippen LogP contribution in [-0.4, -0.2) is 55.9 Å². The molecule has 6 nitrogen and oxygen atoms in total. The van der Waals surface area contributed by atoms with Gasteiger partial charge in [0, 0.05) is 18.2 Å². The Morgan fingerprint density at radius 1 is 1.20 bits per heavy atom. The molecule has 2 heterocycles. The summed E-state index contributed by atoms with van der Waals surface area (Å²) >= 11 is 1.27. The van der Waals surface area contributed by atoms with E-state index in [1.165, 1.54) is 11.3 Å². The quantitative estimate of drug-likeness (QED) is 0.604. The van der Waals surface area contributed by atoms with Crippen molar-refractivity contribution in [2.45, 2.75) is 33.2 Å². The van der Waals surface area contributed by atoms with Crippen molar-refractivity contribution in [2.24, 2.45) is 5.92 Å². The lowest BCUT2D eigenvalue weighted by atomic mass is 10.1. The molecule has 1 atom stereocenters. The van der Waals surface area contributed by atoms with Crippen LogP contribution in [0.1, 0.15) is 35.5 Å². The van der Waals surface area contributed by atoms with Crippen molar-refractivity contribution < 1.29 is 22.7 Å². The van der Waals surface area contributed by atoms with Crippen LogP contribution in [0.15, 0.2) is 35.7 Å². The van der Waals surface area contributed by atoms with E-state index in [4.69, 9.17) is 4.74 Å². The predicted octanol–water partition coefficient (Wildman–Crippen LogP) is 3.55. The summed E-state index contributed by atoms with van der Waals surface area (Å²) in [5.74, 6) is -0.653. The van der Waals surface area contributed by atoms with Gasteiger partial charge in [0.15, 0.2) is 16.4 Å². The minimum Gasteiger partial charge on any atom is -0.451 e. The molecule has 1 aliphatic heterocycles. The number of carbonyl (C=O) groups excluding carboxylic acids is 2. The molecular formula is C22H27NO5S2. The molecule has 1 aromatic carbocycles. The number of hydrogen-bond donors (Lipinski definition) is 0. The fraction of sp³-hybridized carbons (Fsp3) is 0.455. The van der Waals surface area contributed by atoms with Gasteiger partial charge in [-0.25, -0.2) is 13.2 Å². The second kappa shape index (κ2) is 9.31. The molecule has 0 bridgehead atoms. The van der Waals surface area contributed by atoms with E-state index < -0.39 is 22.4 Å². The average molecular weight is 450 g/mol. The second-order valence-electron chi connectivity index (χ2n) is 8.10. The summed E-state index contributed by atoms with van der Waals surface area (Å²) in [5, 5.41) is 1.82. The molecule has 1 fully saturated rings. The molecule has 8 heteroatoms. The Bertz CT molecular complexity index is 1010. The van der Waals surface area contributed by atoms with Crippen molar-refractivity contribution in [1.29, 1.82) is 0 Å². The smallest absolute Gasteiger partial charge is 0.349 e. The molecule has 1 aromatic heterocycles. The van der Waals surface area contributed by atoms with Crippen molar-refractivity contribution in [3.05, 3.63) is 46.2 Å². The van der Waals surface area contributed by atoms with E-state index in [-0.39, 0.29) is 29.4 Å². The minimum atomic E-state index is -3.12. The lowest BCUT2D eigenvalue weighted by Gasteiger charge is -2.29. The highest BCUT2D eigenvalue weighted by atomic mass is 32.2. The van der Waals surface area contributed by atoms with E-state index in [1.54, 1.807) is 4.90 Å². The summed E-state index contributed by atoms with van der Waals surface area (Å²) in [5.41, 5.74) is 2.82. The first-order valence-electron chi connectivity index (χ1n) is 9.98. The van der Waals surface area contributed by atoms with Crippen molar-refractivity contribution in [1.82, 2.24) is 4.90 Å². The summed E-state index contributed by atoms with van der Waals surface area (Å²) < 4.78 is 29.0. The second-order valence-corrected chi connectivity index (χ2v) is 11.2. The maximum atomic E-state index is 12.8. The van der Waals surface area contributed by atoms with Gasteiger partial charge in [-0.2, -0.15) is 0 Å². The summed E-state index contributed by atoms with van der Waals surface area (Å²) in [6, 6.07) is 9.36. The van der Waals surface area contributed by atoms with Crippen LogP contribution < -0.4 is 0 Å². The van der Waals surface area contributed by atoms with Gasteiger partial charge in [0.25, 0.3) is 5.91 Å². The maximum Gasteiger partial charge on any atom is 0.349 e. The summed E-state index contributed by atoms with van der Waals surface area (Å²) in [7, 11) is -3.12. The Labute approximate surface area is 181 Å². The van der Waals surface area contributed by atoms with Crippen LogP contribution in [0.5, 0.6) is 0 Å². The van der Waals surface area contributed by atoms with E-state index in [2.05, 4.69) is 0 Å². The van der Waals surface area contributed by atoms with Gasteiger partial charge in [-0.15, -0.1) is 11.3 Å². The number of aryl methyl sites for hydroxylation is 1. The summed E-state index contributed by atoms with van der Waals surface area (Å²) in [6.07, 6.45) is 0.428. The molecule has 0 radical (unpaired) electrons. The molecule has 0 unspecified atom stereocenters. The minimum absolute atomic E-state index is 0.0259. The Morgan fingerprint density at radius 2 is 1.90 bits per heavy atom. The van der Waals surface area contributed by atoms with Gasteiger partial charge in [-0.1, -0.05) is 43.7 Å². The molecule has 162 valence electrons. The number of hydrogen-bond acceptors (Lipinski definition) is 6. The number of rotatable bonds is 7. The largest absolute Gasteiger partial charge is 0.451 e. The maximum absolute atomic E-state index is 12.8. The summed E-state index contributed by atoms with van der Waals surface area (Å²) in [4.78, 5) is 27.5. The highest BCUT2D eigenvalue weighted by Crippen LogP contribution is 2.29. The van der Waals surface area contributed by atoms with Crippen molar-refractivity contribution in [2.75, 3.05) is 24.7 Å². The van der Waals surface area contributed by atoms with Crippen LogP contribution >= 0.6 is 11.3 Å². The predicted molar refractivity (Wildman–Crippen MR) is 118 cm³/mol. The zero-order valence-electron chi connectivity index (χ0n) is 17.5. The normalized spacial score (nSPS) is 17.8. The highest BCUT2D eigenvalue weighted by Gasteiger charge is 2.35. The molecule has 1 amide bonds. The Morgan fingerprint density at radius 3 is 2.50 bits per heavy atom. The van der Waals surface area contributed by atoms with Gasteiger partial charge in [0.2, 0.25) is 0 Å². The fourth-order valence-electron chi connectivity index (χ4n) is 3.57. The van der Waals surface area contributed by atoms with Crippen LogP contribution in [0, 0.1) is 12.8 Å².